The molecule has 0 saturated carbocycles. The van der Waals surface area contributed by atoms with Crippen molar-refractivity contribution in [3.63, 3.8) is 0 Å². The van der Waals surface area contributed by atoms with Gasteiger partial charge in [-0.3, -0.25) is 14.4 Å². The van der Waals surface area contributed by atoms with Crippen LogP contribution in [0.3, 0.4) is 0 Å². The van der Waals surface area contributed by atoms with Crippen molar-refractivity contribution in [2.45, 2.75) is 29.7 Å². The number of ether oxygens (including phenoxy) is 2. The number of aromatic nitrogens is 1. The van der Waals surface area contributed by atoms with Crippen LogP contribution in [-0.4, -0.2) is 34.6 Å². The Balaban J connectivity index is 1.34. The molecule has 1 aromatic heterocycles. The van der Waals surface area contributed by atoms with Gasteiger partial charge in [-0.1, -0.05) is 65.6 Å². The summed E-state index contributed by atoms with van der Waals surface area (Å²) in [7, 11) is 0. The van der Waals surface area contributed by atoms with Crippen LogP contribution >= 0.6 is 23.1 Å². The second-order valence-electron chi connectivity index (χ2n) is 9.38. The molecule has 0 radical (unpaired) electrons. The van der Waals surface area contributed by atoms with Gasteiger partial charge in [-0.25, -0.2) is 9.69 Å². The Bertz CT molecular complexity index is 1650. The highest BCUT2D eigenvalue weighted by atomic mass is 32.2. The SMILES string of the molecule is CCOC(=O)c1ccc(N2C(=O)C3Sc4[nH]c(=O)sc4C(c4cccc(OCc5ccccc5)c4)C3C2=O)cc1. The number of nitrogens with zero attached hydrogens (tertiary/aromatic N) is 1. The van der Waals surface area contributed by atoms with Gasteiger partial charge in [0, 0.05) is 10.8 Å². The van der Waals surface area contributed by atoms with E-state index in [1.165, 1.54) is 16.7 Å². The summed E-state index contributed by atoms with van der Waals surface area (Å²) in [6, 6.07) is 23.5. The first-order valence-electron chi connectivity index (χ1n) is 12.8. The molecule has 0 spiro atoms. The Labute approximate surface area is 237 Å². The lowest BCUT2D eigenvalue weighted by Gasteiger charge is -2.30. The predicted octanol–water partition coefficient (Wildman–Crippen LogP) is 4.99. The topological polar surface area (TPSA) is 106 Å². The van der Waals surface area contributed by atoms with E-state index in [4.69, 9.17) is 9.47 Å². The fourth-order valence-corrected chi connectivity index (χ4v) is 7.65. The van der Waals surface area contributed by atoms with Crippen molar-refractivity contribution < 1.29 is 23.9 Å². The monoisotopic (exact) mass is 572 g/mol. The third-order valence-corrected chi connectivity index (χ3v) is 9.33. The van der Waals surface area contributed by atoms with Gasteiger partial charge in [-0.2, -0.15) is 0 Å². The molecule has 40 heavy (non-hydrogen) atoms. The molecular formula is C30H24N2O6S2. The number of thioether (sulfide) groups is 1. The van der Waals surface area contributed by atoms with E-state index in [9.17, 15) is 19.2 Å². The lowest BCUT2D eigenvalue weighted by atomic mass is 9.83. The zero-order valence-electron chi connectivity index (χ0n) is 21.4. The molecule has 202 valence electrons. The second kappa shape index (κ2) is 10.8. The number of nitrogens with one attached hydrogen (secondary N) is 1. The average Bonchev–Trinajstić information content (AvgIpc) is 3.46. The number of hydrogen-bond acceptors (Lipinski definition) is 8. The summed E-state index contributed by atoms with van der Waals surface area (Å²) in [6.45, 7) is 2.35. The normalized spacial score (nSPS) is 19.7. The number of aromatic amines is 1. The highest BCUT2D eigenvalue weighted by Gasteiger charge is 2.56. The van der Waals surface area contributed by atoms with Crippen LogP contribution in [0.2, 0.25) is 0 Å². The first kappa shape index (κ1) is 26.1. The number of anilines is 1. The van der Waals surface area contributed by atoms with Gasteiger partial charge >= 0.3 is 10.8 Å². The Hall–Kier alpha value is -4.15. The number of rotatable bonds is 7. The molecule has 3 heterocycles. The molecule has 2 amide bonds. The van der Waals surface area contributed by atoms with E-state index in [1.807, 2.05) is 54.6 Å². The average molecular weight is 573 g/mol. The van der Waals surface area contributed by atoms with Crippen LogP contribution in [0.4, 0.5) is 5.69 Å². The zero-order valence-corrected chi connectivity index (χ0v) is 23.0. The predicted molar refractivity (Wildman–Crippen MR) is 152 cm³/mol. The van der Waals surface area contributed by atoms with Gasteiger partial charge in [-0.15, -0.1) is 0 Å². The lowest BCUT2D eigenvalue weighted by Crippen LogP contribution is -2.32. The van der Waals surface area contributed by atoms with Crippen LogP contribution in [0.1, 0.15) is 39.2 Å². The number of esters is 1. The maximum atomic E-state index is 14.0. The number of imide groups is 1. The summed E-state index contributed by atoms with van der Waals surface area (Å²) < 4.78 is 11.1. The molecule has 2 aliphatic heterocycles. The van der Waals surface area contributed by atoms with Gasteiger partial charge < -0.3 is 14.5 Å². The Kier molecular flexibility index (Phi) is 7.03. The van der Waals surface area contributed by atoms with Crippen LogP contribution in [0.15, 0.2) is 88.7 Å². The highest BCUT2D eigenvalue weighted by Crippen LogP contribution is 2.53. The maximum Gasteiger partial charge on any atom is 0.338 e. The van der Waals surface area contributed by atoms with E-state index in [0.717, 1.165) is 27.3 Å². The summed E-state index contributed by atoms with van der Waals surface area (Å²) in [5.41, 5.74) is 2.53. The molecule has 0 aliphatic carbocycles. The number of hydrogen-bond donors (Lipinski definition) is 1. The quantitative estimate of drug-likeness (QED) is 0.246. The maximum absolute atomic E-state index is 14.0. The molecule has 3 aromatic carbocycles. The molecule has 10 heteroatoms. The Morgan fingerprint density at radius 3 is 2.48 bits per heavy atom. The van der Waals surface area contributed by atoms with E-state index >= 15 is 0 Å². The van der Waals surface area contributed by atoms with Crippen molar-refractivity contribution in [3.05, 3.63) is 110 Å². The summed E-state index contributed by atoms with van der Waals surface area (Å²) >= 11 is 2.28. The number of carbonyl (C=O) groups excluding carboxylic acids is 3. The smallest absolute Gasteiger partial charge is 0.338 e. The fraction of sp³-hybridized carbons (Fsp3) is 0.200. The molecule has 4 aromatic rings. The van der Waals surface area contributed by atoms with E-state index in [-0.39, 0.29) is 23.3 Å². The molecule has 1 saturated heterocycles. The third-order valence-electron chi connectivity index (χ3n) is 6.93. The van der Waals surface area contributed by atoms with E-state index < -0.39 is 23.1 Å². The van der Waals surface area contributed by atoms with Gasteiger partial charge in [0.1, 0.15) is 17.6 Å². The first-order chi connectivity index (χ1) is 19.4. The fourth-order valence-electron chi connectivity index (χ4n) is 5.13. The number of thiazole rings is 1. The minimum absolute atomic E-state index is 0.231. The third kappa shape index (κ3) is 4.73. The van der Waals surface area contributed by atoms with Crippen LogP contribution in [-0.2, 0) is 20.9 Å². The lowest BCUT2D eigenvalue weighted by molar-refractivity contribution is -0.122. The van der Waals surface area contributed by atoms with Gasteiger partial charge in [-0.05, 0) is 54.4 Å². The van der Waals surface area contributed by atoms with Gasteiger partial charge in [0.2, 0.25) is 11.8 Å². The van der Waals surface area contributed by atoms with Gasteiger partial charge in [0.15, 0.2) is 0 Å². The van der Waals surface area contributed by atoms with E-state index in [1.54, 1.807) is 31.2 Å². The molecule has 8 nitrogen and oxygen atoms in total. The van der Waals surface area contributed by atoms with Crippen LogP contribution < -0.4 is 14.5 Å². The number of benzene rings is 3. The molecule has 1 N–H and O–H groups in total. The van der Waals surface area contributed by atoms with Gasteiger partial charge in [0.05, 0.1) is 28.8 Å². The van der Waals surface area contributed by atoms with Gasteiger partial charge in [0.25, 0.3) is 0 Å². The van der Waals surface area contributed by atoms with Crippen molar-refractivity contribution >= 4 is 46.6 Å². The number of carbonyl (C=O) groups is 3. The summed E-state index contributed by atoms with van der Waals surface area (Å²) in [5.74, 6) is -1.78. The largest absolute Gasteiger partial charge is 0.489 e. The Morgan fingerprint density at radius 2 is 1.73 bits per heavy atom. The molecule has 0 bridgehead atoms. The van der Waals surface area contributed by atoms with Crippen molar-refractivity contribution in [3.8, 4) is 5.75 Å². The molecule has 3 unspecified atom stereocenters. The zero-order chi connectivity index (χ0) is 27.8. The number of H-pyrrole nitrogens is 1. The number of fused-ring (bicyclic) bond motifs is 2. The first-order valence-corrected chi connectivity index (χ1v) is 14.5. The minimum atomic E-state index is -0.717. The highest BCUT2D eigenvalue weighted by molar-refractivity contribution is 8.00. The summed E-state index contributed by atoms with van der Waals surface area (Å²) in [6.07, 6.45) is 0. The van der Waals surface area contributed by atoms with Crippen LogP contribution in [0.25, 0.3) is 0 Å². The van der Waals surface area contributed by atoms with Crippen molar-refractivity contribution in [1.29, 1.82) is 0 Å². The van der Waals surface area contributed by atoms with Crippen molar-refractivity contribution in [2.24, 2.45) is 5.92 Å². The summed E-state index contributed by atoms with van der Waals surface area (Å²) in [4.78, 5) is 56.6. The molecule has 3 atom stereocenters. The molecular weight excluding hydrogens is 548 g/mol. The Morgan fingerprint density at radius 1 is 0.950 bits per heavy atom. The standard InChI is InChI=1S/C30H24N2O6S2/c1-2-37-29(35)18-11-13-20(14-12-18)32-27(33)23-22(24-26(31-30(36)40-24)39-25(23)28(32)34)19-9-6-10-21(15-19)38-16-17-7-4-3-5-8-17/h3-15,22-23,25H,2,16H2,1H3,(H,31,36). The minimum Gasteiger partial charge on any atom is -0.489 e. The summed E-state index contributed by atoms with van der Waals surface area (Å²) in [5, 5.41) is -0.105. The van der Waals surface area contributed by atoms with Crippen molar-refractivity contribution in [1.82, 2.24) is 4.98 Å². The molecule has 6 rings (SSSR count). The second-order valence-corrected chi connectivity index (χ2v) is 11.5. The van der Waals surface area contributed by atoms with E-state index in [2.05, 4.69) is 4.98 Å². The molecule has 2 aliphatic rings. The van der Waals surface area contributed by atoms with Crippen molar-refractivity contribution in [2.75, 3.05) is 11.5 Å². The van der Waals surface area contributed by atoms with Crippen LogP contribution in [0, 0.1) is 5.92 Å². The van der Waals surface area contributed by atoms with E-state index in [0.29, 0.717) is 28.6 Å². The van der Waals surface area contributed by atoms with Crippen LogP contribution in [0.5, 0.6) is 5.75 Å². The molecule has 1 fully saturated rings. The number of amides is 2.